The molecule has 1 aliphatic heterocycles. The van der Waals surface area contributed by atoms with Gasteiger partial charge in [-0.1, -0.05) is 18.2 Å². The smallest absolute Gasteiger partial charge is 0.271 e. The lowest BCUT2D eigenvalue weighted by Crippen LogP contribution is -2.43. The van der Waals surface area contributed by atoms with Gasteiger partial charge in [-0.2, -0.15) is 5.10 Å². The molecule has 3 aromatic rings. The van der Waals surface area contributed by atoms with E-state index in [-0.39, 0.29) is 23.5 Å². The summed E-state index contributed by atoms with van der Waals surface area (Å²) in [6.45, 7) is 2.40. The molecule has 0 saturated carbocycles. The zero-order chi connectivity index (χ0) is 21.8. The Bertz CT molecular complexity index is 1110. The summed E-state index contributed by atoms with van der Waals surface area (Å²) in [5, 5.41) is 9.86. The number of carbonyl (C=O) groups excluding carboxylic acids is 3. The molecule has 0 radical (unpaired) electrons. The van der Waals surface area contributed by atoms with Crippen LogP contribution in [0.25, 0.3) is 11.4 Å². The zero-order valence-corrected chi connectivity index (χ0v) is 17.2. The lowest BCUT2D eigenvalue weighted by atomic mass is 9.96. The number of amides is 2. The number of aromatic nitrogens is 3. The Hall–Kier alpha value is -3.81. The number of H-pyrrole nitrogens is 1. The van der Waals surface area contributed by atoms with Crippen LogP contribution >= 0.6 is 0 Å². The van der Waals surface area contributed by atoms with Crippen molar-refractivity contribution in [2.45, 2.75) is 19.8 Å². The Morgan fingerprint density at radius 2 is 1.97 bits per heavy atom. The molecule has 2 amide bonds. The molecule has 1 aliphatic rings. The number of benzene rings is 1. The first-order valence-electron chi connectivity index (χ1n) is 10.2. The van der Waals surface area contributed by atoms with E-state index in [2.05, 4.69) is 20.5 Å². The van der Waals surface area contributed by atoms with Crippen molar-refractivity contribution in [2.75, 3.05) is 18.4 Å². The summed E-state index contributed by atoms with van der Waals surface area (Å²) >= 11 is 0. The van der Waals surface area contributed by atoms with Crippen LogP contribution in [-0.2, 0) is 4.79 Å². The SMILES string of the molecule is CC(=O)c1cccc(NC(=O)[C@@H]2CCCN(C(=O)c3cc(-c4ccccn4)n[nH]3)C2)c1. The van der Waals surface area contributed by atoms with E-state index >= 15 is 0 Å². The molecule has 1 saturated heterocycles. The van der Waals surface area contributed by atoms with Crippen LogP contribution in [0.5, 0.6) is 0 Å². The van der Waals surface area contributed by atoms with Crippen molar-refractivity contribution in [1.29, 1.82) is 0 Å². The highest BCUT2D eigenvalue weighted by Gasteiger charge is 2.30. The van der Waals surface area contributed by atoms with E-state index < -0.39 is 0 Å². The number of pyridine rings is 1. The molecule has 0 spiro atoms. The van der Waals surface area contributed by atoms with Crippen LogP contribution in [-0.4, -0.2) is 50.8 Å². The van der Waals surface area contributed by atoms with E-state index in [1.165, 1.54) is 6.92 Å². The molecule has 1 atom stereocenters. The monoisotopic (exact) mass is 417 g/mol. The maximum Gasteiger partial charge on any atom is 0.271 e. The molecular formula is C23H23N5O3. The van der Waals surface area contributed by atoms with Crippen LogP contribution in [0, 0.1) is 5.92 Å². The van der Waals surface area contributed by atoms with E-state index in [1.807, 2.05) is 18.2 Å². The molecular weight excluding hydrogens is 394 g/mol. The summed E-state index contributed by atoms with van der Waals surface area (Å²) in [6, 6.07) is 14.0. The minimum Gasteiger partial charge on any atom is -0.337 e. The van der Waals surface area contributed by atoms with E-state index in [1.54, 1.807) is 41.4 Å². The number of Topliss-reactive ketones (excluding diaryl/α,β-unsaturated/α-hetero) is 1. The summed E-state index contributed by atoms with van der Waals surface area (Å²) < 4.78 is 0. The van der Waals surface area contributed by atoms with Gasteiger partial charge in [0.2, 0.25) is 5.91 Å². The number of ketones is 1. The molecule has 3 heterocycles. The van der Waals surface area contributed by atoms with Crippen LogP contribution in [0.4, 0.5) is 5.69 Å². The van der Waals surface area contributed by atoms with Gasteiger partial charge < -0.3 is 10.2 Å². The lowest BCUT2D eigenvalue weighted by molar-refractivity contribution is -0.121. The standard InChI is InChI=1S/C23H23N5O3/c1-15(29)16-6-4-8-18(12-16)25-22(30)17-7-5-11-28(14-17)23(31)21-13-20(26-27-21)19-9-2-3-10-24-19/h2-4,6,8-10,12-13,17H,5,7,11,14H2,1H3,(H,25,30)(H,26,27)/t17-/m1/s1. The van der Waals surface area contributed by atoms with Crippen molar-refractivity contribution >= 4 is 23.3 Å². The molecule has 1 aromatic carbocycles. The summed E-state index contributed by atoms with van der Waals surface area (Å²) in [7, 11) is 0. The van der Waals surface area contributed by atoms with E-state index in [4.69, 9.17) is 0 Å². The topological polar surface area (TPSA) is 108 Å². The predicted octanol–water partition coefficient (Wildman–Crippen LogP) is 3.17. The van der Waals surface area contributed by atoms with Gasteiger partial charge in [-0.15, -0.1) is 0 Å². The molecule has 2 N–H and O–H groups in total. The van der Waals surface area contributed by atoms with Gasteiger partial charge in [-0.05, 0) is 50.1 Å². The van der Waals surface area contributed by atoms with E-state index in [0.717, 1.165) is 6.42 Å². The van der Waals surface area contributed by atoms with Gasteiger partial charge in [-0.25, -0.2) is 0 Å². The van der Waals surface area contributed by atoms with Gasteiger partial charge in [0.05, 0.1) is 11.6 Å². The average molecular weight is 417 g/mol. The third-order valence-electron chi connectivity index (χ3n) is 5.35. The van der Waals surface area contributed by atoms with Crippen LogP contribution in [0.2, 0.25) is 0 Å². The number of piperidine rings is 1. The quantitative estimate of drug-likeness (QED) is 0.620. The highest BCUT2D eigenvalue weighted by Crippen LogP contribution is 2.22. The van der Waals surface area contributed by atoms with Crippen LogP contribution in [0.15, 0.2) is 54.7 Å². The second-order valence-corrected chi connectivity index (χ2v) is 7.60. The Labute approximate surface area is 179 Å². The van der Waals surface area contributed by atoms with Gasteiger partial charge in [0.1, 0.15) is 11.4 Å². The summed E-state index contributed by atoms with van der Waals surface area (Å²) in [6.07, 6.45) is 3.11. The molecule has 8 heteroatoms. The second kappa shape index (κ2) is 8.91. The zero-order valence-electron chi connectivity index (χ0n) is 17.2. The third kappa shape index (κ3) is 4.69. The number of aromatic amines is 1. The number of rotatable bonds is 5. The fraction of sp³-hybridized carbons (Fsp3) is 0.261. The van der Waals surface area contributed by atoms with Crippen molar-refractivity contribution in [3.63, 3.8) is 0 Å². The number of likely N-dealkylation sites (tertiary alicyclic amines) is 1. The first kappa shape index (κ1) is 20.5. The number of hydrogen-bond acceptors (Lipinski definition) is 5. The fourth-order valence-electron chi connectivity index (χ4n) is 3.68. The number of nitrogens with zero attached hydrogens (tertiary/aromatic N) is 3. The van der Waals surface area contributed by atoms with Crippen molar-refractivity contribution in [1.82, 2.24) is 20.1 Å². The molecule has 158 valence electrons. The maximum atomic E-state index is 13.0. The minimum absolute atomic E-state index is 0.0600. The summed E-state index contributed by atoms with van der Waals surface area (Å²) in [5.74, 6) is -0.727. The van der Waals surface area contributed by atoms with Gasteiger partial charge in [-0.3, -0.25) is 24.5 Å². The number of carbonyl (C=O) groups is 3. The van der Waals surface area contributed by atoms with Gasteiger partial charge in [0, 0.05) is 30.5 Å². The maximum absolute atomic E-state index is 13.0. The van der Waals surface area contributed by atoms with Crippen molar-refractivity contribution < 1.29 is 14.4 Å². The molecule has 8 nitrogen and oxygen atoms in total. The number of anilines is 1. The summed E-state index contributed by atoms with van der Waals surface area (Å²) in [5.41, 5.74) is 2.77. The third-order valence-corrected chi connectivity index (χ3v) is 5.35. The molecule has 0 bridgehead atoms. The van der Waals surface area contributed by atoms with Crippen LogP contribution in [0.1, 0.15) is 40.6 Å². The molecule has 0 unspecified atom stereocenters. The van der Waals surface area contributed by atoms with Gasteiger partial charge in [0.25, 0.3) is 5.91 Å². The number of hydrogen-bond donors (Lipinski definition) is 2. The van der Waals surface area contributed by atoms with Gasteiger partial charge >= 0.3 is 0 Å². The second-order valence-electron chi connectivity index (χ2n) is 7.60. The molecule has 31 heavy (non-hydrogen) atoms. The fourth-order valence-corrected chi connectivity index (χ4v) is 3.68. The molecule has 0 aliphatic carbocycles. The van der Waals surface area contributed by atoms with Crippen molar-refractivity contribution in [3.05, 3.63) is 66.0 Å². The van der Waals surface area contributed by atoms with Gasteiger partial charge in [0.15, 0.2) is 5.78 Å². The average Bonchev–Trinajstić information content (AvgIpc) is 3.30. The molecule has 4 rings (SSSR count). The minimum atomic E-state index is -0.322. The van der Waals surface area contributed by atoms with Crippen LogP contribution < -0.4 is 5.32 Å². The highest BCUT2D eigenvalue weighted by molar-refractivity contribution is 5.98. The Balaban J connectivity index is 1.42. The normalized spacial score (nSPS) is 16.0. The first-order valence-corrected chi connectivity index (χ1v) is 10.2. The Kier molecular flexibility index (Phi) is 5.88. The molecule has 1 fully saturated rings. The van der Waals surface area contributed by atoms with E-state index in [0.29, 0.717) is 47.8 Å². The highest BCUT2D eigenvalue weighted by atomic mass is 16.2. The lowest BCUT2D eigenvalue weighted by Gasteiger charge is -2.31. The first-order chi connectivity index (χ1) is 15.0. The van der Waals surface area contributed by atoms with Crippen molar-refractivity contribution in [2.24, 2.45) is 5.92 Å². The summed E-state index contributed by atoms with van der Waals surface area (Å²) in [4.78, 5) is 43.2. The molecule has 2 aromatic heterocycles. The van der Waals surface area contributed by atoms with Crippen molar-refractivity contribution in [3.8, 4) is 11.4 Å². The predicted molar refractivity (Wildman–Crippen MR) is 116 cm³/mol. The Morgan fingerprint density at radius 1 is 1.10 bits per heavy atom. The van der Waals surface area contributed by atoms with Crippen LogP contribution in [0.3, 0.4) is 0 Å². The largest absolute Gasteiger partial charge is 0.337 e. The van der Waals surface area contributed by atoms with E-state index in [9.17, 15) is 14.4 Å². The Morgan fingerprint density at radius 3 is 2.74 bits per heavy atom. The number of nitrogens with one attached hydrogen (secondary N) is 2.